The van der Waals surface area contributed by atoms with Crippen molar-refractivity contribution in [1.29, 1.82) is 0 Å². The molecule has 9 heteroatoms. The van der Waals surface area contributed by atoms with Crippen LogP contribution in [0.25, 0.3) is 0 Å². The summed E-state index contributed by atoms with van der Waals surface area (Å²) in [6.07, 6.45) is 0.0293. The third-order valence-corrected chi connectivity index (χ3v) is 2.75. The number of hydrogen-bond donors (Lipinski definition) is 0. The minimum Gasteiger partial charge on any atom is -0.454 e. The Bertz CT molecular complexity index is 433. The Morgan fingerprint density at radius 1 is 1.44 bits per heavy atom. The monoisotopic (exact) mass is 260 g/mol. The summed E-state index contributed by atoms with van der Waals surface area (Å²) in [4.78, 5) is 10.9. The van der Waals surface area contributed by atoms with Crippen LogP contribution in [0.4, 0.5) is 13.2 Å². The molecule has 1 heterocycles. The Labute approximate surface area is 89.0 Å². The number of cyclic esters (lactones) is 1. The second kappa shape index (κ2) is 3.96. The Kier molecular flexibility index (Phi) is 3.17. The van der Waals surface area contributed by atoms with E-state index in [9.17, 15) is 26.4 Å². The van der Waals surface area contributed by atoms with Gasteiger partial charge < -0.3 is 8.92 Å². The number of rotatable bonds is 3. The van der Waals surface area contributed by atoms with Gasteiger partial charge in [-0.25, -0.2) is 4.79 Å². The quantitative estimate of drug-likeness (QED) is 0.431. The molecule has 0 radical (unpaired) electrons. The highest BCUT2D eigenvalue weighted by atomic mass is 32.2. The van der Waals surface area contributed by atoms with E-state index in [2.05, 4.69) is 8.92 Å². The summed E-state index contributed by atoms with van der Waals surface area (Å²) in [5, 5.41) is 0. The number of halogens is 3. The third kappa shape index (κ3) is 2.29. The summed E-state index contributed by atoms with van der Waals surface area (Å²) in [5.41, 5.74) is -5.72. The van der Waals surface area contributed by atoms with Crippen LogP contribution in [0.1, 0.15) is 13.3 Å². The van der Waals surface area contributed by atoms with Crippen LogP contribution in [-0.2, 0) is 23.8 Å². The van der Waals surface area contributed by atoms with Crippen molar-refractivity contribution in [3.63, 3.8) is 0 Å². The van der Waals surface area contributed by atoms with Crippen LogP contribution in [0, 0.1) is 0 Å². The van der Waals surface area contributed by atoms with E-state index in [1.807, 2.05) is 0 Å². The molecule has 0 spiro atoms. The molecule has 0 bridgehead atoms. The van der Waals surface area contributed by atoms with E-state index in [1.165, 1.54) is 6.92 Å². The smallest absolute Gasteiger partial charge is 0.454 e. The topological polar surface area (TPSA) is 69.7 Å². The van der Waals surface area contributed by atoms with Crippen LogP contribution in [0.5, 0.6) is 0 Å². The van der Waals surface area contributed by atoms with Crippen molar-refractivity contribution >= 4 is 16.1 Å². The molecule has 5 nitrogen and oxygen atoms in total. The Hall–Kier alpha value is -1.25. The molecule has 0 amide bonds. The molecule has 1 aliphatic rings. The molecule has 0 aromatic rings. The maximum Gasteiger partial charge on any atom is 0.534 e. The molecule has 1 aliphatic heterocycles. The van der Waals surface area contributed by atoms with Gasteiger partial charge in [-0.05, 0) is 6.42 Å². The first-order chi connectivity index (χ1) is 7.19. The average Bonchev–Trinajstić information content (AvgIpc) is 2.44. The number of ether oxygens (including phenoxy) is 1. The second-order valence-electron chi connectivity index (χ2n) is 2.81. The van der Waals surface area contributed by atoms with Crippen LogP contribution in [0.15, 0.2) is 11.3 Å². The molecule has 0 aromatic heterocycles. The Balaban J connectivity index is 3.00. The SMILES string of the molecule is CCC1=C(OS(=O)(=O)C(F)(F)F)COC1=O. The lowest BCUT2D eigenvalue weighted by Gasteiger charge is -2.09. The van der Waals surface area contributed by atoms with Crippen LogP contribution < -0.4 is 0 Å². The van der Waals surface area contributed by atoms with Gasteiger partial charge in [0.15, 0.2) is 12.4 Å². The lowest BCUT2D eigenvalue weighted by atomic mass is 10.2. The first kappa shape index (κ1) is 12.8. The zero-order valence-electron chi connectivity index (χ0n) is 8.00. The fraction of sp³-hybridized carbons (Fsp3) is 0.571. The first-order valence-corrected chi connectivity index (χ1v) is 5.49. The number of alkyl halides is 3. The molecule has 0 atom stereocenters. The maximum absolute atomic E-state index is 12.0. The molecular formula is C7H7F3O5S. The minimum atomic E-state index is -5.74. The van der Waals surface area contributed by atoms with Gasteiger partial charge in [0.1, 0.15) is 0 Å². The predicted molar refractivity (Wildman–Crippen MR) is 44.3 cm³/mol. The van der Waals surface area contributed by atoms with E-state index in [-0.39, 0.29) is 12.0 Å². The van der Waals surface area contributed by atoms with Crippen molar-refractivity contribution < 1.29 is 35.3 Å². The zero-order valence-corrected chi connectivity index (χ0v) is 8.81. The van der Waals surface area contributed by atoms with Crippen molar-refractivity contribution in [2.24, 2.45) is 0 Å². The van der Waals surface area contributed by atoms with Gasteiger partial charge in [-0.3, -0.25) is 0 Å². The van der Waals surface area contributed by atoms with Gasteiger partial charge in [0.25, 0.3) is 0 Å². The lowest BCUT2D eigenvalue weighted by molar-refractivity contribution is -0.136. The molecule has 16 heavy (non-hydrogen) atoms. The zero-order chi connectivity index (χ0) is 12.6. The molecule has 0 N–H and O–H groups in total. The van der Waals surface area contributed by atoms with Crippen LogP contribution in [0.3, 0.4) is 0 Å². The molecule has 0 unspecified atom stereocenters. The van der Waals surface area contributed by atoms with Gasteiger partial charge in [-0.15, -0.1) is 0 Å². The van der Waals surface area contributed by atoms with E-state index in [1.54, 1.807) is 0 Å². The van der Waals surface area contributed by atoms with E-state index in [0.29, 0.717) is 0 Å². The average molecular weight is 260 g/mol. The lowest BCUT2D eigenvalue weighted by Crippen LogP contribution is -2.25. The highest BCUT2D eigenvalue weighted by Crippen LogP contribution is 2.29. The summed E-state index contributed by atoms with van der Waals surface area (Å²) < 4.78 is 65.3. The van der Waals surface area contributed by atoms with E-state index in [0.717, 1.165) is 0 Å². The van der Waals surface area contributed by atoms with Crippen molar-refractivity contribution in [2.75, 3.05) is 6.61 Å². The van der Waals surface area contributed by atoms with Crippen LogP contribution in [0.2, 0.25) is 0 Å². The molecule has 0 aliphatic carbocycles. The number of carbonyl (C=O) groups excluding carboxylic acids is 1. The van der Waals surface area contributed by atoms with Crippen LogP contribution >= 0.6 is 0 Å². The van der Waals surface area contributed by atoms with Gasteiger partial charge in [-0.1, -0.05) is 6.92 Å². The molecule has 0 aromatic carbocycles. The largest absolute Gasteiger partial charge is 0.534 e. The highest BCUT2D eigenvalue weighted by Gasteiger charge is 2.49. The normalized spacial score (nSPS) is 17.6. The van der Waals surface area contributed by atoms with E-state index < -0.39 is 34.0 Å². The van der Waals surface area contributed by atoms with Crippen molar-refractivity contribution in [3.8, 4) is 0 Å². The standard InChI is InChI=1S/C7H7F3O5S/c1-2-4-5(3-14-6(4)11)15-16(12,13)7(8,9)10/h2-3H2,1H3. The van der Waals surface area contributed by atoms with Gasteiger partial charge in [0.05, 0.1) is 5.57 Å². The fourth-order valence-electron chi connectivity index (χ4n) is 1.01. The van der Waals surface area contributed by atoms with Gasteiger partial charge in [0, 0.05) is 0 Å². The van der Waals surface area contributed by atoms with Crippen molar-refractivity contribution in [2.45, 2.75) is 18.9 Å². The fourth-order valence-corrected chi connectivity index (χ4v) is 1.52. The summed E-state index contributed by atoms with van der Waals surface area (Å²) in [6, 6.07) is 0. The number of carbonyl (C=O) groups is 1. The van der Waals surface area contributed by atoms with E-state index in [4.69, 9.17) is 0 Å². The summed E-state index contributed by atoms with van der Waals surface area (Å²) in [5.74, 6) is -1.47. The molecule has 0 saturated heterocycles. The van der Waals surface area contributed by atoms with Gasteiger partial charge >= 0.3 is 21.6 Å². The summed E-state index contributed by atoms with van der Waals surface area (Å²) >= 11 is 0. The Morgan fingerprint density at radius 3 is 2.44 bits per heavy atom. The van der Waals surface area contributed by atoms with Gasteiger partial charge in [0.2, 0.25) is 0 Å². The Morgan fingerprint density at radius 2 is 2.00 bits per heavy atom. The molecule has 0 saturated carbocycles. The second-order valence-corrected chi connectivity index (χ2v) is 4.35. The van der Waals surface area contributed by atoms with Crippen molar-refractivity contribution in [1.82, 2.24) is 0 Å². The van der Waals surface area contributed by atoms with Crippen LogP contribution in [-0.4, -0.2) is 26.5 Å². The number of hydrogen-bond acceptors (Lipinski definition) is 5. The molecule has 92 valence electrons. The van der Waals surface area contributed by atoms with Crippen molar-refractivity contribution in [3.05, 3.63) is 11.3 Å². The first-order valence-electron chi connectivity index (χ1n) is 4.09. The predicted octanol–water partition coefficient (Wildman–Crippen LogP) is 1.07. The summed E-state index contributed by atoms with van der Waals surface area (Å²) in [6.45, 7) is 0.864. The summed E-state index contributed by atoms with van der Waals surface area (Å²) in [7, 11) is -5.74. The third-order valence-electron chi connectivity index (χ3n) is 1.76. The maximum atomic E-state index is 12.0. The minimum absolute atomic E-state index is 0.0293. The molecular weight excluding hydrogens is 253 g/mol. The molecule has 0 fully saturated rings. The molecule has 1 rings (SSSR count). The highest BCUT2D eigenvalue weighted by molar-refractivity contribution is 7.87. The van der Waals surface area contributed by atoms with E-state index >= 15 is 0 Å². The van der Waals surface area contributed by atoms with Gasteiger partial charge in [-0.2, -0.15) is 21.6 Å². The number of esters is 1.